The lowest BCUT2D eigenvalue weighted by molar-refractivity contribution is -0.605. The summed E-state index contributed by atoms with van der Waals surface area (Å²) in [6.07, 6.45) is -17.3. The maximum atomic E-state index is 15.3. The number of halogens is 12. The van der Waals surface area contributed by atoms with Gasteiger partial charge in [-0.3, -0.25) is 9.59 Å². The predicted molar refractivity (Wildman–Crippen MR) is 132 cm³/mol. The van der Waals surface area contributed by atoms with E-state index in [1.165, 1.54) is 12.1 Å². The van der Waals surface area contributed by atoms with Gasteiger partial charge in [0.1, 0.15) is 5.56 Å². The van der Waals surface area contributed by atoms with Crippen LogP contribution in [-0.2, 0) is 11.8 Å². The van der Waals surface area contributed by atoms with Gasteiger partial charge in [-0.25, -0.2) is 8.78 Å². The fourth-order valence-corrected chi connectivity index (χ4v) is 4.42. The second-order valence-corrected chi connectivity index (χ2v) is 9.60. The van der Waals surface area contributed by atoms with Gasteiger partial charge in [0.15, 0.2) is 18.2 Å². The van der Waals surface area contributed by atoms with Crippen LogP contribution in [0.5, 0.6) is 0 Å². The molecule has 18 heteroatoms. The minimum atomic E-state index is -6.72. The van der Waals surface area contributed by atoms with Crippen molar-refractivity contribution >= 4 is 45.8 Å². The van der Waals surface area contributed by atoms with E-state index in [1.54, 1.807) is 5.32 Å². The normalized spacial score (nSPS) is 12.7. The van der Waals surface area contributed by atoms with E-state index in [2.05, 4.69) is 0 Å². The minimum absolute atomic E-state index is 0.187. The van der Waals surface area contributed by atoms with Gasteiger partial charge in [0.2, 0.25) is 0 Å². The Hall–Kier alpha value is -3.71. The van der Waals surface area contributed by atoms with E-state index in [-0.39, 0.29) is 16.4 Å². The molecule has 2 aromatic carbocycles. The van der Waals surface area contributed by atoms with Crippen LogP contribution in [0, 0.1) is 14.6 Å². The quantitative estimate of drug-likeness (QED) is 0.135. The molecule has 0 fully saturated rings. The molecular weight excluding hydrogens is 714 g/mol. The highest BCUT2D eigenvalue weighted by atomic mass is 127. The van der Waals surface area contributed by atoms with Crippen LogP contribution >= 0.6 is 22.6 Å². The molecule has 0 saturated carbocycles. The summed E-state index contributed by atoms with van der Waals surface area (Å²) in [5.74, 6) is -4.05. The molecule has 0 atom stereocenters. The molecule has 226 valence electrons. The van der Waals surface area contributed by atoms with Crippen LogP contribution < -0.4 is 14.9 Å². The molecule has 0 radical (unpaired) electrons. The molecule has 1 heterocycles. The number of hydrogen-bond acceptors (Lipinski definition) is 3. The van der Waals surface area contributed by atoms with Gasteiger partial charge in [-0.2, -0.15) is 44.2 Å². The number of aromatic nitrogens is 1. The maximum Gasteiger partial charge on any atom is 0.435 e. The average Bonchev–Trinajstić information content (AvgIpc) is 2.86. The van der Waals surface area contributed by atoms with Gasteiger partial charge >= 0.3 is 24.2 Å². The molecule has 1 aromatic heterocycles. The molecule has 0 unspecified atom stereocenters. The number of nitrogens with one attached hydrogen (secondary N) is 1. The zero-order chi connectivity index (χ0) is 32.0. The number of carbonyl (C=O) groups is 2. The lowest BCUT2D eigenvalue weighted by Crippen LogP contribution is -2.50. The lowest BCUT2D eigenvalue weighted by atomic mass is 9.92. The number of rotatable bonds is 5. The number of hydrogen-bond donors (Lipinski definition) is 1. The monoisotopic (exact) mass is 727 g/mol. The second-order valence-electron chi connectivity index (χ2n) is 8.44. The predicted octanol–water partition coefficient (Wildman–Crippen LogP) is 6.90. The lowest BCUT2D eigenvalue weighted by Gasteiger charge is -2.31. The summed E-state index contributed by atoms with van der Waals surface area (Å²) in [4.78, 5) is 26.2. The second kappa shape index (κ2) is 11.2. The summed E-state index contributed by atoms with van der Waals surface area (Å²) in [7, 11) is 1.04. The van der Waals surface area contributed by atoms with Crippen LogP contribution in [0.25, 0.3) is 0 Å². The Morgan fingerprint density at radius 2 is 1.52 bits per heavy atom. The van der Waals surface area contributed by atoms with E-state index in [4.69, 9.17) is 0 Å². The molecule has 1 N–H and O–H groups in total. The zero-order valence-corrected chi connectivity index (χ0v) is 22.5. The van der Waals surface area contributed by atoms with Gasteiger partial charge < -0.3 is 15.4 Å². The van der Waals surface area contributed by atoms with Crippen LogP contribution in [0.2, 0.25) is 0 Å². The number of nitrogens with zero attached hydrogens (tertiary/aromatic N) is 2. The van der Waals surface area contributed by atoms with Crippen molar-refractivity contribution in [2.45, 2.75) is 24.2 Å². The summed E-state index contributed by atoms with van der Waals surface area (Å²) in [6.45, 7) is 0. The first kappa shape index (κ1) is 32.8. The fraction of sp³-hybridized carbons (Fsp3) is 0.208. The highest BCUT2D eigenvalue weighted by Gasteiger charge is 2.73. The molecule has 0 bridgehead atoms. The number of benzene rings is 2. The highest BCUT2D eigenvalue weighted by Crippen LogP contribution is 2.54. The number of anilines is 2. The minimum Gasteiger partial charge on any atom is -0.619 e. The first-order valence-electron chi connectivity index (χ1n) is 10.9. The molecular formula is C24H13F11IN3O3. The van der Waals surface area contributed by atoms with Gasteiger partial charge in [0.25, 0.3) is 11.8 Å². The smallest absolute Gasteiger partial charge is 0.435 e. The molecule has 2 amide bonds. The van der Waals surface area contributed by atoms with Crippen molar-refractivity contribution in [2.24, 2.45) is 0 Å². The molecule has 0 aliphatic rings. The molecule has 42 heavy (non-hydrogen) atoms. The SMILES string of the molecule is CN(C(=O)c1ccc[n+]([O-])c1)c1cccc(C(=O)Nc2c(I)cc(C(F)(C(F)(F)F)C(F)(F)F)cc2C(F)(F)F)c1F. The van der Waals surface area contributed by atoms with Gasteiger partial charge in [-0.15, -0.1) is 0 Å². The molecule has 3 rings (SSSR count). The Kier molecular flexibility index (Phi) is 8.73. The van der Waals surface area contributed by atoms with Gasteiger partial charge in [-0.05, 0) is 52.9 Å². The van der Waals surface area contributed by atoms with Crippen LogP contribution in [0.3, 0.4) is 0 Å². The van der Waals surface area contributed by atoms with Crippen molar-refractivity contribution in [3.8, 4) is 0 Å². The van der Waals surface area contributed by atoms with Crippen LogP contribution in [-0.4, -0.2) is 31.2 Å². The summed E-state index contributed by atoms with van der Waals surface area (Å²) in [5, 5.41) is 13.0. The van der Waals surface area contributed by atoms with E-state index in [9.17, 15) is 58.7 Å². The van der Waals surface area contributed by atoms with Gasteiger partial charge in [-0.1, -0.05) is 6.07 Å². The molecule has 0 aliphatic carbocycles. The molecule has 6 nitrogen and oxygen atoms in total. The van der Waals surface area contributed by atoms with Crippen LogP contribution in [0.15, 0.2) is 54.9 Å². The van der Waals surface area contributed by atoms with Crippen molar-refractivity contribution in [3.05, 3.63) is 91.7 Å². The first-order valence-corrected chi connectivity index (χ1v) is 12.0. The maximum absolute atomic E-state index is 15.3. The van der Waals surface area contributed by atoms with Crippen LogP contribution in [0.1, 0.15) is 31.8 Å². The number of alkyl halides is 10. The average molecular weight is 727 g/mol. The standard InChI is InChI=1S/C24H13F11IN3O3/c1-38(20(41)11-4-3-7-39(42)10-11)16-6-2-5-13(17(16)25)19(40)37-18-14(22(27,28)29)8-12(9-15(18)36)21(26,23(30,31)32)24(33,34)35/h2-10H,1H3,(H,37,40). The zero-order valence-electron chi connectivity index (χ0n) is 20.4. The molecule has 0 saturated heterocycles. The fourth-order valence-electron chi connectivity index (χ4n) is 3.66. The molecule has 3 aromatic rings. The van der Waals surface area contributed by atoms with E-state index in [0.29, 0.717) is 4.90 Å². The van der Waals surface area contributed by atoms with E-state index < -0.39 is 79.5 Å². The number of amides is 2. The van der Waals surface area contributed by atoms with Crippen molar-refractivity contribution in [2.75, 3.05) is 17.3 Å². The van der Waals surface area contributed by atoms with Gasteiger partial charge in [0.05, 0.1) is 22.5 Å². The Balaban J connectivity index is 2.08. The third-order valence-electron chi connectivity index (χ3n) is 5.72. The summed E-state index contributed by atoms with van der Waals surface area (Å²) in [6, 6.07) is 4.24. The summed E-state index contributed by atoms with van der Waals surface area (Å²) < 4.78 is 149. The highest BCUT2D eigenvalue weighted by molar-refractivity contribution is 14.1. The Morgan fingerprint density at radius 3 is 2.05 bits per heavy atom. The Labute approximate surface area is 241 Å². The molecule has 0 spiro atoms. The number of carbonyl (C=O) groups excluding carboxylic acids is 2. The van der Waals surface area contributed by atoms with Crippen molar-refractivity contribution in [1.82, 2.24) is 0 Å². The third kappa shape index (κ3) is 6.07. The van der Waals surface area contributed by atoms with E-state index in [0.717, 1.165) is 60.2 Å². The van der Waals surface area contributed by atoms with Crippen molar-refractivity contribution in [3.63, 3.8) is 0 Å². The number of pyridine rings is 1. The first-order chi connectivity index (χ1) is 19.1. The van der Waals surface area contributed by atoms with Crippen LogP contribution in [0.4, 0.5) is 59.7 Å². The van der Waals surface area contributed by atoms with Crippen molar-refractivity contribution < 1.29 is 62.6 Å². The Morgan fingerprint density at radius 1 is 0.929 bits per heavy atom. The third-order valence-corrected chi connectivity index (χ3v) is 6.57. The van der Waals surface area contributed by atoms with E-state index in [1.807, 2.05) is 0 Å². The molecule has 0 aliphatic heterocycles. The van der Waals surface area contributed by atoms with Gasteiger partial charge in [0, 0.05) is 22.2 Å². The van der Waals surface area contributed by atoms with E-state index >= 15 is 4.39 Å². The van der Waals surface area contributed by atoms with Crippen molar-refractivity contribution in [1.29, 1.82) is 0 Å². The summed E-state index contributed by atoms with van der Waals surface area (Å²) >= 11 is 0.854. The summed E-state index contributed by atoms with van der Waals surface area (Å²) in [5.41, 5.74) is -14.1. The Bertz CT molecular complexity index is 1520. The topological polar surface area (TPSA) is 76.3 Å². The largest absolute Gasteiger partial charge is 0.619 e.